The fourth-order valence-corrected chi connectivity index (χ4v) is 4.11. The Bertz CT molecular complexity index is 221. The van der Waals surface area contributed by atoms with Gasteiger partial charge in [0.15, 0.2) is 0 Å². The lowest BCUT2D eigenvalue weighted by atomic mass is 9.83. The molecule has 2 nitrogen and oxygen atoms in total. The van der Waals surface area contributed by atoms with E-state index in [9.17, 15) is 0 Å². The van der Waals surface area contributed by atoms with Crippen molar-refractivity contribution in [1.29, 1.82) is 0 Å². The predicted octanol–water partition coefficient (Wildman–Crippen LogP) is 3.01. The number of rotatable bonds is 3. The molecular weight excluding hydrogens is 208 g/mol. The quantitative estimate of drug-likeness (QED) is 0.819. The third-order valence-electron chi connectivity index (χ3n) is 4.96. The van der Waals surface area contributed by atoms with Crippen LogP contribution in [0, 0.1) is 11.8 Å². The molecule has 1 saturated heterocycles. The van der Waals surface area contributed by atoms with Crippen molar-refractivity contribution in [3.8, 4) is 0 Å². The van der Waals surface area contributed by atoms with Crippen LogP contribution in [-0.2, 0) is 0 Å². The average molecular weight is 238 g/mol. The Morgan fingerprint density at radius 3 is 2.29 bits per heavy atom. The fourth-order valence-electron chi connectivity index (χ4n) is 4.11. The van der Waals surface area contributed by atoms with Gasteiger partial charge in [-0.3, -0.25) is 4.90 Å². The molecule has 1 aliphatic carbocycles. The van der Waals surface area contributed by atoms with Gasteiger partial charge < -0.3 is 5.73 Å². The van der Waals surface area contributed by atoms with E-state index in [4.69, 9.17) is 5.73 Å². The summed E-state index contributed by atoms with van der Waals surface area (Å²) in [6.45, 7) is 6.92. The topological polar surface area (TPSA) is 29.3 Å². The van der Waals surface area contributed by atoms with Gasteiger partial charge in [-0.2, -0.15) is 0 Å². The SMILES string of the molecule is CC(C)N1CCCC[C@H](CN)[C@H]1C1CCCC1. The first-order valence-electron chi connectivity index (χ1n) is 7.70. The molecule has 17 heavy (non-hydrogen) atoms. The zero-order chi connectivity index (χ0) is 12.3. The summed E-state index contributed by atoms with van der Waals surface area (Å²) in [5, 5.41) is 0. The third kappa shape index (κ3) is 3.03. The maximum Gasteiger partial charge on any atom is 0.0166 e. The zero-order valence-electron chi connectivity index (χ0n) is 11.7. The zero-order valence-corrected chi connectivity index (χ0v) is 11.7. The van der Waals surface area contributed by atoms with E-state index in [1.807, 2.05) is 0 Å². The third-order valence-corrected chi connectivity index (χ3v) is 4.96. The van der Waals surface area contributed by atoms with Gasteiger partial charge in [-0.15, -0.1) is 0 Å². The Labute approximate surface area is 107 Å². The summed E-state index contributed by atoms with van der Waals surface area (Å²) in [5.41, 5.74) is 6.07. The highest BCUT2D eigenvalue weighted by Crippen LogP contribution is 2.37. The van der Waals surface area contributed by atoms with E-state index in [1.165, 1.54) is 51.5 Å². The summed E-state index contributed by atoms with van der Waals surface area (Å²) in [6.07, 6.45) is 9.91. The maximum absolute atomic E-state index is 6.07. The van der Waals surface area contributed by atoms with Crippen molar-refractivity contribution in [1.82, 2.24) is 4.90 Å². The minimum atomic E-state index is 0.688. The van der Waals surface area contributed by atoms with Crippen LogP contribution in [0.2, 0.25) is 0 Å². The van der Waals surface area contributed by atoms with Crippen LogP contribution in [0.5, 0.6) is 0 Å². The van der Waals surface area contributed by atoms with Crippen LogP contribution >= 0.6 is 0 Å². The smallest absolute Gasteiger partial charge is 0.0166 e. The van der Waals surface area contributed by atoms with E-state index in [2.05, 4.69) is 18.7 Å². The van der Waals surface area contributed by atoms with Crippen LogP contribution in [-0.4, -0.2) is 30.1 Å². The van der Waals surface area contributed by atoms with Crippen molar-refractivity contribution in [2.75, 3.05) is 13.1 Å². The fraction of sp³-hybridized carbons (Fsp3) is 1.00. The Morgan fingerprint density at radius 2 is 1.71 bits per heavy atom. The number of nitrogens with zero attached hydrogens (tertiary/aromatic N) is 1. The number of hydrogen-bond donors (Lipinski definition) is 1. The van der Waals surface area contributed by atoms with Gasteiger partial charge >= 0.3 is 0 Å². The minimum absolute atomic E-state index is 0.688. The van der Waals surface area contributed by atoms with Gasteiger partial charge in [-0.1, -0.05) is 19.3 Å². The number of hydrogen-bond acceptors (Lipinski definition) is 2. The average Bonchev–Trinajstić information content (AvgIpc) is 2.74. The van der Waals surface area contributed by atoms with Crippen molar-refractivity contribution in [2.45, 2.75) is 70.9 Å². The van der Waals surface area contributed by atoms with Crippen molar-refractivity contribution in [2.24, 2.45) is 17.6 Å². The highest BCUT2D eigenvalue weighted by Gasteiger charge is 2.37. The Morgan fingerprint density at radius 1 is 1.06 bits per heavy atom. The molecule has 0 spiro atoms. The van der Waals surface area contributed by atoms with Gasteiger partial charge in [0.05, 0.1) is 0 Å². The molecule has 2 atom stereocenters. The van der Waals surface area contributed by atoms with Crippen LogP contribution in [0.4, 0.5) is 0 Å². The predicted molar refractivity (Wildman–Crippen MR) is 74.0 cm³/mol. The first kappa shape index (κ1) is 13.4. The normalized spacial score (nSPS) is 33.2. The number of nitrogens with two attached hydrogens (primary N) is 1. The molecule has 0 aromatic heterocycles. The van der Waals surface area contributed by atoms with Crippen LogP contribution < -0.4 is 5.73 Å². The van der Waals surface area contributed by atoms with E-state index in [-0.39, 0.29) is 0 Å². The molecule has 2 aliphatic rings. The molecule has 0 bridgehead atoms. The van der Waals surface area contributed by atoms with E-state index in [0.717, 1.165) is 24.4 Å². The molecule has 0 radical (unpaired) electrons. The summed E-state index contributed by atoms with van der Waals surface area (Å²) < 4.78 is 0. The highest BCUT2D eigenvalue weighted by molar-refractivity contribution is 4.91. The molecule has 0 amide bonds. The maximum atomic E-state index is 6.07. The molecule has 1 heterocycles. The molecule has 1 aliphatic heterocycles. The van der Waals surface area contributed by atoms with Crippen LogP contribution in [0.3, 0.4) is 0 Å². The Kier molecular flexibility index (Phi) is 4.87. The van der Waals surface area contributed by atoms with Gasteiger partial charge in [0.2, 0.25) is 0 Å². The molecule has 1 saturated carbocycles. The molecular formula is C15H30N2. The molecule has 0 aromatic rings. The van der Waals surface area contributed by atoms with Crippen LogP contribution in [0.25, 0.3) is 0 Å². The van der Waals surface area contributed by atoms with Gasteiger partial charge in [-0.25, -0.2) is 0 Å². The molecule has 2 N–H and O–H groups in total. The minimum Gasteiger partial charge on any atom is -0.330 e. The highest BCUT2D eigenvalue weighted by atomic mass is 15.2. The first-order valence-corrected chi connectivity index (χ1v) is 7.70. The van der Waals surface area contributed by atoms with Crippen LogP contribution in [0.15, 0.2) is 0 Å². The number of likely N-dealkylation sites (tertiary alicyclic amines) is 1. The van der Waals surface area contributed by atoms with Crippen molar-refractivity contribution in [3.05, 3.63) is 0 Å². The van der Waals surface area contributed by atoms with E-state index >= 15 is 0 Å². The van der Waals surface area contributed by atoms with Crippen molar-refractivity contribution in [3.63, 3.8) is 0 Å². The summed E-state index contributed by atoms with van der Waals surface area (Å²) in [7, 11) is 0. The van der Waals surface area contributed by atoms with Crippen molar-refractivity contribution < 1.29 is 0 Å². The molecule has 2 heteroatoms. The summed E-state index contributed by atoms with van der Waals surface area (Å²) in [6, 6.07) is 1.47. The summed E-state index contributed by atoms with van der Waals surface area (Å²) >= 11 is 0. The Balaban J connectivity index is 2.14. The molecule has 0 aromatic carbocycles. The van der Waals surface area contributed by atoms with Gasteiger partial charge in [0.25, 0.3) is 0 Å². The largest absolute Gasteiger partial charge is 0.330 e. The van der Waals surface area contributed by atoms with Gasteiger partial charge in [0, 0.05) is 12.1 Å². The lowest BCUT2D eigenvalue weighted by molar-refractivity contribution is 0.0755. The standard InChI is InChI=1S/C15H30N2/c1-12(2)17-10-6-5-9-14(11-16)15(17)13-7-3-4-8-13/h12-15H,3-11,16H2,1-2H3/t14-,15-/m1/s1. The van der Waals surface area contributed by atoms with Crippen molar-refractivity contribution >= 4 is 0 Å². The summed E-state index contributed by atoms with van der Waals surface area (Å²) in [4.78, 5) is 2.78. The van der Waals surface area contributed by atoms with E-state index < -0.39 is 0 Å². The second-order valence-corrected chi connectivity index (χ2v) is 6.36. The molecule has 2 fully saturated rings. The second-order valence-electron chi connectivity index (χ2n) is 6.36. The lowest BCUT2D eigenvalue weighted by Crippen LogP contribution is -2.49. The molecule has 2 rings (SSSR count). The van der Waals surface area contributed by atoms with E-state index in [0.29, 0.717) is 6.04 Å². The summed E-state index contributed by atoms with van der Waals surface area (Å²) in [5.74, 6) is 1.69. The van der Waals surface area contributed by atoms with E-state index in [1.54, 1.807) is 0 Å². The molecule has 100 valence electrons. The monoisotopic (exact) mass is 238 g/mol. The molecule has 0 unspecified atom stereocenters. The lowest BCUT2D eigenvalue weighted by Gasteiger charge is -2.41. The van der Waals surface area contributed by atoms with Gasteiger partial charge in [-0.05, 0) is 64.5 Å². The van der Waals surface area contributed by atoms with Crippen LogP contribution in [0.1, 0.15) is 58.8 Å². The van der Waals surface area contributed by atoms with Gasteiger partial charge in [0.1, 0.15) is 0 Å². The Hall–Kier alpha value is -0.0800. The first-order chi connectivity index (χ1) is 8.24. The second kappa shape index (κ2) is 6.19.